The fourth-order valence-electron chi connectivity index (χ4n) is 3.08. The molecule has 30 heavy (non-hydrogen) atoms. The molecule has 0 aliphatic carbocycles. The maximum Gasteiger partial charge on any atom is 0.433 e. The molecule has 1 atom stereocenters. The van der Waals surface area contributed by atoms with Crippen LogP contribution in [0.3, 0.4) is 0 Å². The fourth-order valence-corrected chi connectivity index (χ4v) is 3.27. The average molecular weight is 456 g/mol. The minimum Gasteiger partial charge on any atom is -0.345 e. The normalized spacial score (nSPS) is 17.3. The molecule has 162 valence electrons. The van der Waals surface area contributed by atoms with E-state index in [2.05, 4.69) is 10.3 Å². The van der Waals surface area contributed by atoms with E-state index in [9.17, 15) is 35.5 Å². The van der Waals surface area contributed by atoms with Crippen molar-refractivity contribution in [1.82, 2.24) is 4.98 Å². The van der Waals surface area contributed by atoms with Gasteiger partial charge >= 0.3 is 12.4 Å². The van der Waals surface area contributed by atoms with E-state index in [0.29, 0.717) is 12.5 Å². The van der Waals surface area contributed by atoms with E-state index in [-0.39, 0.29) is 29.7 Å². The van der Waals surface area contributed by atoms with Crippen LogP contribution >= 0.6 is 11.6 Å². The monoisotopic (exact) mass is 455 g/mol. The Bertz CT molecular complexity index is 930. The van der Waals surface area contributed by atoms with Gasteiger partial charge in [-0.15, -0.1) is 0 Å². The number of rotatable bonds is 3. The van der Waals surface area contributed by atoms with Crippen LogP contribution in [0, 0.1) is 5.82 Å². The average Bonchev–Trinajstić information content (AvgIpc) is 3.13. The lowest BCUT2D eigenvalue weighted by molar-refractivity contribution is -0.145. The maximum absolute atomic E-state index is 13.2. The van der Waals surface area contributed by atoms with Gasteiger partial charge in [-0.05, 0) is 43.2 Å². The lowest BCUT2D eigenvalue weighted by atomic mass is 10.1. The van der Waals surface area contributed by atoms with Gasteiger partial charge in [0.05, 0.1) is 10.6 Å². The van der Waals surface area contributed by atoms with Gasteiger partial charge in [0.25, 0.3) is 0 Å². The van der Waals surface area contributed by atoms with E-state index >= 15 is 0 Å². The number of carbonyl (C=O) groups excluding carboxylic acids is 1. The first-order valence-corrected chi connectivity index (χ1v) is 8.93. The molecule has 1 aromatic heterocycles. The number of anilines is 2. The van der Waals surface area contributed by atoms with E-state index in [1.807, 2.05) is 0 Å². The van der Waals surface area contributed by atoms with Crippen LogP contribution < -0.4 is 10.2 Å². The van der Waals surface area contributed by atoms with Gasteiger partial charge in [0, 0.05) is 12.2 Å². The summed E-state index contributed by atoms with van der Waals surface area (Å²) in [6.07, 6.45) is -9.60. The minimum absolute atomic E-state index is 0.0356. The third-order valence-electron chi connectivity index (χ3n) is 4.47. The number of alkyl halides is 6. The first-order valence-electron chi connectivity index (χ1n) is 8.55. The molecule has 1 amide bonds. The molecule has 0 unspecified atom stereocenters. The van der Waals surface area contributed by atoms with Crippen LogP contribution in [0.25, 0.3) is 0 Å². The molecule has 2 heterocycles. The first kappa shape index (κ1) is 22.1. The molecule has 1 aromatic carbocycles. The highest BCUT2D eigenvalue weighted by atomic mass is 35.5. The number of aromatic nitrogens is 1. The van der Waals surface area contributed by atoms with Crippen LogP contribution in [0.5, 0.6) is 0 Å². The minimum atomic E-state index is -5.10. The van der Waals surface area contributed by atoms with Crippen molar-refractivity contribution in [1.29, 1.82) is 0 Å². The van der Waals surface area contributed by atoms with E-state index in [0.717, 1.165) is 17.0 Å². The Morgan fingerprint density at radius 2 is 1.80 bits per heavy atom. The molecule has 0 radical (unpaired) electrons. The van der Waals surface area contributed by atoms with Crippen LogP contribution in [-0.4, -0.2) is 23.5 Å². The van der Waals surface area contributed by atoms with Gasteiger partial charge in [-0.1, -0.05) is 11.6 Å². The fraction of sp³-hybridized carbons (Fsp3) is 0.333. The van der Waals surface area contributed by atoms with Gasteiger partial charge in [0.15, 0.2) is 0 Å². The van der Waals surface area contributed by atoms with Crippen molar-refractivity contribution in [3.63, 3.8) is 0 Å². The Morgan fingerprint density at radius 1 is 1.10 bits per heavy atom. The quantitative estimate of drug-likeness (QED) is 0.620. The number of pyridine rings is 1. The van der Waals surface area contributed by atoms with E-state index in [1.54, 1.807) is 0 Å². The van der Waals surface area contributed by atoms with E-state index in [1.165, 1.54) is 6.07 Å². The second-order valence-corrected chi connectivity index (χ2v) is 6.97. The second-order valence-electron chi connectivity index (χ2n) is 6.56. The molecule has 1 fully saturated rings. The molecular weight excluding hydrogens is 443 g/mol. The second kappa shape index (κ2) is 7.93. The largest absolute Gasteiger partial charge is 0.433 e. The summed E-state index contributed by atoms with van der Waals surface area (Å²) in [5, 5.41) is 2.18. The highest BCUT2D eigenvalue weighted by molar-refractivity contribution is 6.31. The van der Waals surface area contributed by atoms with Crippen molar-refractivity contribution in [2.24, 2.45) is 0 Å². The van der Waals surface area contributed by atoms with Crippen molar-refractivity contribution in [2.45, 2.75) is 31.2 Å². The molecule has 12 heteroatoms. The highest BCUT2D eigenvalue weighted by Gasteiger charge is 2.40. The van der Waals surface area contributed by atoms with Crippen LogP contribution in [0.15, 0.2) is 30.3 Å². The first-order chi connectivity index (χ1) is 13.9. The molecule has 1 saturated heterocycles. The van der Waals surface area contributed by atoms with Crippen LogP contribution in [-0.2, 0) is 17.1 Å². The summed E-state index contributed by atoms with van der Waals surface area (Å²) in [6.45, 7) is 0.0356. The number of carbonyl (C=O) groups is 1. The van der Waals surface area contributed by atoms with Crippen LogP contribution in [0.2, 0.25) is 5.02 Å². The third-order valence-corrected chi connectivity index (χ3v) is 4.76. The number of amides is 1. The Morgan fingerprint density at radius 3 is 2.40 bits per heavy atom. The summed E-state index contributed by atoms with van der Waals surface area (Å²) < 4.78 is 91.7. The maximum atomic E-state index is 13.2. The lowest BCUT2D eigenvalue weighted by Gasteiger charge is -2.26. The third kappa shape index (κ3) is 4.77. The van der Waals surface area contributed by atoms with Gasteiger partial charge in [-0.3, -0.25) is 4.79 Å². The predicted molar refractivity (Wildman–Crippen MR) is 94.6 cm³/mol. The standard InChI is InChI=1S/C18H13ClF7N3O/c19-11-8-10(3-4-12(11)20)27-16(30)13-2-1-5-29(13)15-7-9(17(21,22)23)6-14(28-15)18(24,25)26/h3-4,6-8,13H,1-2,5H2,(H,27,30)/t13-/m0/s1. The van der Waals surface area contributed by atoms with Gasteiger partial charge in [-0.2, -0.15) is 26.3 Å². The summed E-state index contributed by atoms with van der Waals surface area (Å²) in [6, 6.07) is 2.71. The summed E-state index contributed by atoms with van der Waals surface area (Å²) in [5.41, 5.74) is -3.09. The topological polar surface area (TPSA) is 45.2 Å². The Kier molecular flexibility index (Phi) is 5.85. The van der Waals surface area contributed by atoms with Gasteiger partial charge in [0.2, 0.25) is 5.91 Å². The molecule has 0 saturated carbocycles. The molecule has 2 aromatic rings. The van der Waals surface area contributed by atoms with Crippen molar-refractivity contribution in [3.8, 4) is 0 Å². The summed E-state index contributed by atoms with van der Waals surface area (Å²) in [5.74, 6) is -2.01. The van der Waals surface area contributed by atoms with Crippen LogP contribution in [0.4, 0.5) is 42.2 Å². The predicted octanol–water partition coefficient (Wildman–Crippen LogP) is 5.52. The molecule has 1 N–H and O–H groups in total. The molecule has 1 aliphatic heterocycles. The zero-order valence-corrected chi connectivity index (χ0v) is 15.7. The zero-order chi connectivity index (χ0) is 22.3. The van der Waals surface area contributed by atoms with Crippen molar-refractivity contribution >= 4 is 29.0 Å². The highest BCUT2D eigenvalue weighted by Crippen LogP contribution is 2.38. The van der Waals surface area contributed by atoms with Crippen LogP contribution in [0.1, 0.15) is 24.1 Å². The van der Waals surface area contributed by atoms with E-state index < -0.39 is 47.2 Å². The molecule has 1 aliphatic rings. The molecule has 3 rings (SSSR count). The number of benzene rings is 1. The summed E-state index contributed by atoms with van der Waals surface area (Å²) in [4.78, 5) is 17.0. The van der Waals surface area contributed by atoms with Crippen molar-refractivity contribution in [2.75, 3.05) is 16.8 Å². The summed E-state index contributed by atoms with van der Waals surface area (Å²) >= 11 is 5.64. The molecule has 0 spiro atoms. The van der Waals surface area contributed by atoms with Crippen molar-refractivity contribution in [3.05, 3.63) is 52.4 Å². The number of hydrogen-bond donors (Lipinski definition) is 1. The molecular formula is C18H13ClF7N3O. The molecule has 4 nitrogen and oxygen atoms in total. The zero-order valence-electron chi connectivity index (χ0n) is 14.9. The SMILES string of the molecule is O=C(Nc1ccc(F)c(Cl)c1)[C@@H]1CCCN1c1cc(C(F)(F)F)cc(C(F)(F)F)n1. The van der Waals surface area contributed by atoms with Gasteiger partial charge in [0.1, 0.15) is 23.4 Å². The number of halogens is 8. The number of nitrogens with one attached hydrogen (secondary N) is 1. The summed E-state index contributed by atoms with van der Waals surface area (Å²) in [7, 11) is 0. The Balaban J connectivity index is 1.92. The van der Waals surface area contributed by atoms with Crippen molar-refractivity contribution < 1.29 is 35.5 Å². The smallest absolute Gasteiger partial charge is 0.345 e. The van der Waals surface area contributed by atoms with E-state index in [4.69, 9.17) is 11.6 Å². The Labute approximate surface area is 170 Å². The lowest BCUT2D eigenvalue weighted by Crippen LogP contribution is -2.40. The molecule has 0 bridgehead atoms. The van der Waals surface area contributed by atoms with Gasteiger partial charge in [-0.25, -0.2) is 9.37 Å². The Hall–Kier alpha value is -2.56. The number of hydrogen-bond acceptors (Lipinski definition) is 3. The van der Waals surface area contributed by atoms with Gasteiger partial charge < -0.3 is 10.2 Å². The number of nitrogens with zero attached hydrogens (tertiary/aromatic N) is 2.